The van der Waals surface area contributed by atoms with Crippen LogP contribution in [0.4, 0.5) is 5.82 Å². The van der Waals surface area contributed by atoms with E-state index in [0.717, 1.165) is 17.7 Å². The molecule has 3 rings (SSSR count). The lowest BCUT2D eigenvalue weighted by Gasteiger charge is -2.43. The van der Waals surface area contributed by atoms with Gasteiger partial charge in [-0.1, -0.05) is 6.07 Å². The predicted molar refractivity (Wildman–Crippen MR) is 60.9 cm³/mol. The van der Waals surface area contributed by atoms with Crippen molar-refractivity contribution in [2.45, 2.75) is 6.42 Å². The molecule has 1 N–H and O–H groups in total. The Bertz CT molecular complexity index is 315. The Morgan fingerprint density at radius 3 is 2.73 bits per heavy atom. The van der Waals surface area contributed by atoms with E-state index < -0.39 is 0 Å². The Hall–Kier alpha value is -1.09. The van der Waals surface area contributed by atoms with Gasteiger partial charge in [-0.3, -0.25) is 0 Å². The number of nitrogens with zero attached hydrogens (tertiary/aromatic N) is 2. The smallest absolute Gasteiger partial charge is 0.128 e. The third-order valence-electron chi connectivity index (χ3n) is 3.46. The predicted octanol–water partition coefficient (Wildman–Crippen LogP) is 1.13. The van der Waals surface area contributed by atoms with Crippen LogP contribution in [-0.2, 0) is 0 Å². The molecule has 15 heavy (non-hydrogen) atoms. The second-order valence-corrected chi connectivity index (χ2v) is 4.72. The van der Waals surface area contributed by atoms with Gasteiger partial charge in [-0.2, -0.15) is 0 Å². The molecule has 0 radical (unpaired) electrons. The van der Waals surface area contributed by atoms with Crippen LogP contribution in [0.25, 0.3) is 0 Å². The van der Waals surface area contributed by atoms with Gasteiger partial charge in [-0.15, -0.1) is 0 Å². The summed E-state index contributed by atoms with van der Waals surface area (Å²) in [7, 11) is 0. The summed E-state index contributed by atoms with van der Waals surface area (Å²) in [6.07, 6.45) is 3.27. The van der Waals surface area contributed by atoms with Gasteiger partial charge in [0.2, 0.25) is 0 Å². The van der Waals surface area contributed by atoms with E-state index in [1.54, 1.807) is 0 Å². The van der Waals surface area contributed by atoms with E-state index >= 15 is 0 Å². The standard InChI is InChI=1S/C12H17N3/c1-2-4-14-12(3-1)15-8-11(9-15)5-10-6-13-7-10/h1-4,10-11,13H,5-9H2. The monoisotopic (exact) mass is 203 g/mol. The van der Waals surface area contributed by atoms with Crippen LogP contribution in [0.1, 0.15) is 6.42 Å². The van der Waals surface area contributed by atoms with Crippen LogP contribution < -0.4 is 10.2 Å². The zero-order valence-electron chi connectivity index (χ0n) is 8.89. The van der Waals surface area contributed by atoms with Crippen LogP contribution in [0.2, 0.25) is 0 Å². The van der Waals surface area contributed by atoms with Crippen molar-refractivity contribution < 1.29 is 0 Å². The number of pyridine rings is 1. The second kappa shape index (κ2) is 3.81. The van der Waals surface area contributed by atoms with Crippen molar-refractivity contribution in [2.24, 2.45) is 11.8 Å². The second-order valence-electron chi connectivity index (χ2n) is 4.72. The van der Waals surface area contributed by atoms with Crippen molar-refractivity contribution in [1.29, 1.82) is 0 Å². The van der Waals surface area contributed by atoms with Gasteiger partial charge in [-0.25, -0.2) is 4.98 Å². The maximum atomic E-state index is 4.36. The van der Waals surface area contributed by atoms with Gasteiger partial charge in [0.1, 0.15) is 5.82 Å². The Morgan fingerprint density at radius 2 is 2.13 bits per heavy atom. The minimum absolute atomic E-state index is 0.902. The molecule has 2 saturated heterocycles. The van der Waals surface area contributed by atoms with Crippen molar-refractivity contribution in [1.82, 2.24) is 10.3 Å². The molecule has 80 valence electrons. The van der Waals surface area contributed by atoms with E-state index in [2.05, 4.69) is 27.3 Å². The third-order valence-corrected chi connectivity index (χ3v) is 3.46. The highest BCUT2D eigenvalue weighted by Crippen LogP contribution is 2.28. The molecule has 0 aliphatic carbocycles. The molecule has 0 bridgehead atoms. The summed E-state index contributed by atoms with van der Waals surface area (Å²) < 4.78 is 0. The highest BCUT2D eigenvalue weighted by Gasteiger charge is 2.31. The topological polar surface area (TPSA) is 28.2 Å². The zero-order valence-corrected chi connectivity index (χ0v) is 8.89. The van der Waals surface area contributed by atoms with E-state index in [4.69, 9.17) is 0 Å². The van der Waals surface area contributed by atoms with Gasteiger partial charge in [0.15, 0.2) is 0 Å². The van der Waals surface area contributed by atoms with Crippen LogP contribution in [0, 0.1) is 11.8 Å². The zero-order chi connectivity index (χ0) is 10.1. The first-order valence-electron chi connectivity index (χ1n) is 5.78. The maximum Gasteiger partial charge on any atom is 0.128 e. The Morgan fingerprint density at radius 1 is 1.27 bits per heavy atom. The summed E-state index contributed by atoms with van der Waals surface area (Å²) in [4.78, 5) is 6.73. The summed E-state index contributed by atoms with van der Waals surface area (Å²) in [6, 6.07) is 6.13. The molecule has 1 aromatic rings. The van der Waals surface area contributed by atoms with Gasteiger partial charge in [0, 0.05) is 19.3 Å². The Kier molecular flexibility index (Phi) is 2.33. The van der Waals surface area contributed by atoms with Gasteiger partial charge in [0.25, 0.3) is 0 Å². The largest absolute Gasteiger partial charge is 0.356 e. The molecule has 0 aromatic carbocycles. The first-order valence-corrected chi connectivity index (χ1v) is 5.78. The lowest BCUT2D eigenvalue weighted by Crippen LogP contribution is -2.51. The molecule has 3 heterocycles. The molecule has 0 amide bonds. The molecule has 1 aromatic heterocycles. The SMILES string of the molecule is c1ccc(N2CC(CC3CNC3)C2)nc1. The molecule has 2 aliphatic heterocycles. The van der Waals surface area contributed by atoms with Crippen molar-refractivity contribution in [3.63, 3.8) is 0 Å². The molecule has 3 heteroatoms. The average Bonchev–Trinajstić information content (AvgIpc) is 2.14. The van der Waals surface area contributed by atoms with Crippen LogP contribution in [-0.4, -0.2) is 31.2 Å². The molecule has 0 atom stereocenters. The average molecular weight is 203 g/mol. The first-order chi connectivity index (χ1) is 7.42. The van der Waals surface area contributed by atoms with Gasteiger partial charge in [-0.05, 0) is 43.5 Å². The fraction of sp³-hybridized carbons (Fsp3) is 0.583. The van der Waals surface area contributed by atoms with Gasteiger partial charge >= 0.3 is 0 Å². The van der Waals surface area contributed by atoms with Crippen molar-refractivity contribution in [3.8, 4) is 0 Å². The third kappa shape index (κ3) is 1.84. The van der Waals surface area contributed by atoms with E-state index in [9.17, 15) is 0 Å². The molecule has 0 saturated carbocycles. The number of anilines is 1. The summed E-state index contributed by atoms with van der Waals surface area (Å²) in [6.45, 7) is 4.88. The highest BCUT2D eigenvalue weighted by atomic mass is 15.2. The lowest BCUT2D eigenvalue weighted by atomic mass is 9.86. The van der Waals surface area contributed by atoms with Gasteiger partial charge < -0.3 is 10.2 Å². The molecular weight excluding hydrogens is 186 g/mol. The lowest BCUT2D eigenvalue weighted by molar-refractivity contribution is 0.247. The molecule has 2 fully saturated rings. The summed E-state index contributed by atoms with van der Waals surface area (Å²) in [5.41, 5.74) is 0. The van der Waals surface area contributed by atoms with Crippen molar-refractivity contribution in [2.75, 3.05) is 31.1 Å². The van der Waals surface area contributed by atoms with Crippen molar-refractivity contribution >= 4 is 5.82 Å². The van der Waals surface area contributed by atoms with Crippen LogP contribution in [0.5, 0.6) is 0 Å². The van der Waals surface area contributed by atoms with Gasteiger partial charge in [0.05, 0.1) is 0 Å². The number of hydrogen-bond acceptors (Lipinski definition) is 3. The molecule has 0 spiro atoms. The van der Waals surface area contributed by atoms with E-state index in [1.165, 1.54) is 32.6 Å². The van der Waals surface area contributed by atoms with E-state index in [-0.39, 0.29) is 0 Å². The van der Waals surface area contributed by atoms with Crippen LogP contribution >= 0.6 is 0 Å². The number of nitrogens with one attached hydrogen (secondary N) is 1. The Balaban J connectivity index is 1.49. The summed E-state index contributed by atoms with van der Waals surface area (Å²) >= 11 is 0. The molecule has 0 unspecified atom stereocenters. The maximum absolute atomic E-state index is 4.36. The summed E-state index contributed by atoms with van der Waals surface area (Å²) in [5.74, 6) is 2.99. The highest BCUT2D eigenvalue weighted by molar-refractivity contribution is 5.40. The van der Waals surface area contributed by atoms with Crippen molar-refractivity contribution in [3.05, 3.63) is 24.4 Å². The van der Waals surface area contributed by atoms with E-state index in [0.29, 0.717) is 0 Å². The minimum atomic E-state index is 0.902. The minimum Gasteiger partial charge on any atom is -0.356 e. The number of rotatable bonds is 3. The summed E-state index contributed by atoms with van der Waals surface area (Å²) in [5, 5.41) is 3.33. The number of hydrogen-bond donors (Lipinski definition) is 1. The quantitative estimate of drug-likeness (QED) is 0.798. The van der Waals surface area contributed by atoms with E-state index in [1.807, 2.05) is 12.3 Å². The normalized spacial score (nSPS) is 22.3. The molecular formula is C12H17N3. The van der Waals surface area contributed by atoms with Crippen LogP contribution in [0.3, 0.4) is 0 Å². The molecule has 2 aliphatic rings. The first kappa shape index (κ1) is 9.16. The van der Waals surface area contributed by atoms with Crippen LogP contribution in [0.15, 0.2) is 24.4 Å². The molecule has 3 nitrogen and oxygen atoms in total. The Labute approximate surface area is 90.5 Å². The fourth-order valence-electron chi connectivity index (χ4n) is 2.43. The fourth-order valence-corrected chi connectivity index (χ4v) is 2.43. The number of aromatic nitrogens is 1.